The van der Waals surface area contributed by atoms with E-state index in [1.807, 2.05) is 6.92 Å². The Hall–Kier alpha value is -1.73. The Morgan fingerprint density at radius 3 is 2.88 bits per heavy atom. The number of nitrogens with zero attached hydrogens (tertiary/aromatic N) is 3. The van der Waals surface area contributed by atoms with Gasteiger partial charge < -0.3 is 19.7 Å². The smallest absolute Gasteiger partial charge is 0.344 e. The molecule has 7 nitrogen and oxygen atoms in total. The van der Waals surface area contributed by atoms with Crippen LogP contribution < -0.4 is 10.2 Å². The lowest BCUT2D eigenvalue weighted by atomic mass is 10.1. The summed E-state index contributed by atoms with van der Waals surface area (Å²) in [5.74, 6) is 0.255. The van der Waals surface area contributed by atoms with E-state index in [0.29, 0.717) is 30.2 Å². The monoisotopic (exact) mass is 333 g/mol. The van der Waals surface area contributed by atoms with Crippen LogP contribution >= 0.6 is 0 Å². The van der Waals surface area contributed by atoms with Crippen LogP contribution in [0.5, 0.6) is 0 Å². The Kier molecular flexibility index (Phi) is 5.63. The molecule has 2 unspecified atom stereocenters. The summed E-state index contributed by atoms with van der Waals surface area (Å²) < 4.78 is 11.3. The zero-order valence-corrected chi connectivity index (χ0v) is 14.4. The second-order valence-corrected chi connectivity index (χ2v) is 6.38. The highest BCUT2D eigenvalue weighted by molar-refractivity contribution is 5.96. The van der Waals surface area contributed by atoms with Gasteiger partial charge in [0, 0.05) is 26.2 Å². The Bertz CT molecular complexity index is 569. The molecule has 1 radical (unpaired) electrons. The molecule has 0 aliphatic carbocycles. The van der Waals surface area contributed by atoms with E-state index >= 15 is 0 Å². The molecular formula is C17H25N4O3. The van der Waals surface area contributed by atoms with E-state index in [1.165, 1.54) is 6.42 Å². The van der Waals surface area contributed by atoms with E-state index in [9.17, 15) is 4.79 Å². The predicted molar refractivity (Wildman–Crippen MR) is 89.2 cm³/mol. The minimum absolute atomic E-state index is 0.127. The molecular weight excluding hydrogens is 308 g/mol. The number of hydrogen-bond donors (Lipinski definition) is 1. The number of anilines is 1. The first-order chi connectivity index (χ1) is 11.7. The summed E-state index contributed by atoms with van der Waals surface area (Å²) in [6.07, 6.45) is 5.63. The summed E-state index contributed by atoms with van der Waals surface area (Å²) in [5, 5.41) is 3.25. The van der Waals surface area contributed by atoms with E-state index in [4.69, 9.17) is 9.47 Å². The number of esters is 1. The lowest BCUT2D eigenvalue weighted by molar-refractivity contribution is -0.0576. The second kappa shape index (κ2) is 7.90. The van der Waals surface area contributed by atoms with E-state index in [-0.39, 0.29) is 18.2 Å². The topological polar surface area (TPSA) is 76.6 Å². The number of piperidine rings is 1. The van der Waals surface area contributed by atoms with Gasteiger partial charge in [0.05, 0.1) is 12.3 Å². The Morgan fingerprint density at radius 1 is 1.38 bits per heavy atom. The highest BCUT2D eigenvalue weighted by atomic mass is 16.6. The second-order valence-electron chi connectivity index (χ2n) is 6.38. The van der Waals surface area contributed by atoms with Crippen molar-refractivity contribution in [3.63, 3.8) is 0 Å². The summed E-state index contributed by atoms with van der Waals surface area (Å²) in [6, 6.07) is 0. The number of carbonyl (C=O) groups is 1. The molecule has 1 aromatic heterocycles. The van der Waals surface area contributed by atoms with Crippen LogP contribution in [0.25, 0.3) is 0 Å². The molecule has 24 heavy (non-hydrogen) atoms. The Labute approximate surface area is 142 Å². The molecule has 7 heteroatoms. The largest absolute Gasteiger partial charge is 0.456 e. The van der Waals surface area contributed by atoms with Gasteiger partial charge in [0.15, 0.2) is 6.33 Å². The molecule has 2 atom stereocenters. The zero-order chi connectivity index (χ0) is 16.9. The van der Waals surface area contributed by atoms with Crippen LogP contribution in [-0.2, 0) is 9.47 Å². The van der Waals surface area contributed by atoms with Crippen molar-refractivity contribution in [2.75, 3.05) is 37.7 Å². The van der Waals surface area contributed by atoms with Crippen molar-refractivity contribution in [2.24, 2.45) is 0 Å². The van der Waals surface area contributed by atoms with Crippen LogP contribution in [0.4, 0.5) is 5.82 Å². The van der Waals surface area contributed by atoms with Crippen molar-refractivity contribution in [1.82, 2.24) is 15.3 Å². The Balaban J connectivity index is 1.75. The van der Waals surface area contributed by atoms with Crippen LogP contribution in [-0.4, -0.2) is 60.9 Å². The van der Waals surface area contributed by atoms with Gasteiger partial charge in [-0.2, -0.15) is 0 Å². The zero-order valence-electron chi connectivity index (χ0n) is 14.4. The van der Waals surface area contributed by atoms with Gasteiger partial charge >= 0.3 is 5.97 Å². The number of aryl methyl sites for hydroxylation is 1. The predicted octanol–water partition coefficient (Wildman–Crippen LogP) is 1.11. The molecule has 1 N–H and O–H groups in total. The van der Waals surface area contributed by atoms with Crippen molar-refractivity contribution in [3.05, 3.63) is 17.6 Å². The first kappa shape index (κ1) is 17.1. The highest BCUT2D eigenvalue weighted by Crippen LogP contribution is 2.24. The normalized spacial score (nSPS) is 22.9. The Morgan fingerprint density at radius 2 is 2.17 bits per heavy atom. The molecule has 3 heterocycles. The summed E-state index contributed by atoms with van der Waals surface area (Å²) in [7, 11) is 0. The van der Waals surface area contributed by atoms with Crippen molar-refractivity contribution in [1.29, 1.82) is 0 Å². The van der Waals surface area contributed by atoms with Crippen molar-refractivity contribution in [3.8, 4) is 0 Å². The quantitative estimate of drug-likeness (QED) is 0.827. The summed E-state index contributed by atoms with van der Waals surface area (Å²) in [6.45, 7) is 7.61. The maximum Gasteiger partial charge on any atom is 0.344 e. The fourth-order valence-electron chi connectivity index (χ4n) is 3.19. The molecule has 3 rings (SSSR count). The van der Waals surface area contributed by atoms with E-state index in [1.54, 1.807) is 6.92 Å². The van der Waals surface area contributed by atoms with Crippen molar-refractivity contribution >= 4 is 11.8 Å². The van der Waals surface area contributed by atoms with Crippen LogP contribution in [0.15, 0.2) is 0 Å². The van der Waals surface area contributed by atoms with Crippen molar-refractivity contribution in [2.45, 2.75) is 45.3 Å². The average molecular weight is 333 g/mol. The lowest BCUT2D eigenvalue weighted by Crippen LogP contribution is -2.45. The SMILES string of the molecule is Cc1n[c]nc(N2CCCCC2)c1C(=O)OC(C)C1CNCCO1. The van der Waals surface area contributed by atoms with E-state index in [2.05, 4.69) is 26.5 Å². The standard InChI is InChI=1S/C17H25N4O3/c1-12-15(16(20-11-19-12)21-7-4-3-5-8-21)17(22)24-13(2)14-10-18-6-9-23-14/h13-14,18H,3-10H2,1-2H3. The third-order valence-corrected chi connectivity index (χ3v) is 4.59. The van der Waals surface area contributed by atoms with Crippen LogP contribution in [0.2, 0.25) is 0 Å². The number of nitrogens with one attached hydrogen (secondary N) is 1. The third kappa shape index (κ3) is 3.84. The number of carbonyl (C=O) groups excluding carboxylic acids is 1. The average Bonchev–Trinajstić information content (AvgIpc) is 2.62. The minimum atomic E-state index is -0.385. The fraction of sp³-hybridized carbons (Fsp3) is 0.706. The molecule has 2 aliphatic rings. The molecule has 1 aromatic rings. The van der Waals surface area contributed by atoms with Gasteiger partial charge in [-0.15, -0.1) is 0 Å². The molecule has 2 saturated heterocycles. The van der Waals surface area contributed by atoms with Gasteiger partial charge in [-0.05, 0) is 33.1 Å². The van der Waals surface area contributed by atoms with E-state index in [0.717, 1.165) is 32.5 Å². The number of ether oxygens (including phenoxy) is 2. The van der Waals surface area contributed by atoms with Crippen LogP contribution in [0.1, 0.15) is 42.2 Å². The molecule has 0 aromatic carbocycles. The van der Waals surface area contributed by atoms with Crippen molar-refractivity contribution < 1.29 is 14.3 Å². The summed E-state index contributed by atoms with van der Waals surface area (Å²) in [5.41, 5.74) is 1.05. The van der Waals surface area contributed by atoms with E-state index < -0.39 is 0 Å². The molecule has 0 saturated carbocycles. The molecule has 131 valence electrons. The molecule has 0 bridgehead atoms. The van der Waals surface area contributed by atoms with Crippen LogP contribution in [0, 0.1) is 13.3 Å². The molecule has 2 aliphatic heterocycles. The van der Waals surface area contributed by atoms with Crippen LogP contribution in [0.3, 0.4) is 0 Å². The lowest BCUT2D eigenvalue weighted by Gasteiger charge is -2.30. The maximum atomic E-state index is 12.8. The van der Waals surface area contributed by atoms with Gasteiger partial charge in [-0.1, -0.05) is 0 Å². The highest BCUT2D eigenvalue weighted by Gasteiger charge is 2.28. The van der Waals surface area contributed by atoms with Gasteiger partial charge in [-0.25, -0.2) is 14.8 Å². The third-order valence-electron chi connectivity index (χ3n) is 4.59. The van der Waals surface area contributed by atoms with Gasteiger partial charge in [-0.3, -0.25) is 0 Å². The first-order valence-electron chi connectivity index (χ1n) is 8.69. The number of aromatic nitrogens is 2. The first-order valence-corrected chi connectivity index (χ1v) is 8.69. The molecule has 0 spiro atoms. The molecule has 2 fully saturated rings. The number of rotatable bonds is 4. The van der Waals surface area contributed by atoms with Gasteiger partial charge in [0.1, 0.15) is 23.6 Å². The summed E-state index contributed by atoms with van der Waals surface area (Å²) >= 11 is 0. The number of hydrogen-bond acceptors (Lipinski definition) is 7. The minimum Gasteiger partial charge on any atom is -0.456 e. The molecule has 0 amide bonds. The van der Waals surface area contributed by atoms with Gasteiger partial charge in [0.2, 0.25) is 0 Å². The number of morpholine rings is 1. The fourth-order valence-corrected chi connectivity index (χ4v) is 3.19. The summed E-state index contributed by atoms with van der Waals surface area (Å²) in [4.78, 5) is 23.2. The van der Waals surface area contributed by atoms with Gasteiger partial charge in [0.25, 0.3) is 0 Å². The maximum absolute atomic E-state index is 12.8.